The minimum atomic E-state index is -0.832. The van der Waals surface area contributed by atoms with Crippen LogP contribution >= 0.6 is 0 Å². The van der Waals surface area contributed by atoms with Crippen LogP contribution in [0.3, 0.4) is 0 Å². The molecule has 0 bridgehead atoms. The van der Waals surface area contributed by atoms with Crippen molar-refractivity contribution in [3.05, 3.63) is 122 Å². The van der Waals surface area contributed by atoms with Crippen molar-refractivity contribution in [3.63, 3.8) is 0 Å². The quantitative estimate of drug-likeness (QED) is 0.0262. The molecule has 0 fully saturated rings. The van der Waals surface area contributed by atoms with Gasteiger partial charge in [-0.2, -0.15) is 0 Å². The van der Waals surface area contributed by atoms with Gasteiger partial charge in [-0.25, -0.2) is 0 Å². The highest BCUT2D eigenvalue weighted by Crippen LogP contribution is 2.14. The van der Waals surface area contributed by atoms with Crippen molar-refractivity contribution in [2.24, 2.45) is 0 Å². The monoisotopic (exact) mass is 955 g/mol. The Balaban J connectivity index is 4.44. The van der Waals surface area contributed by atoms with Crippen molar-refractivity contribution < 1.29 is 28.6 Å². The van der Waals surface area contributed by atoms with Crippen LogP contribution in [0.15, 0.2) is 122 Å². The number of hydrogen-bond donors (Lipinski definition) is 0. The van der Waals surface area contributed by atoms with Gasteiger partial charge < -0.3 is 14.2 Å². The molecule has 390 valence electrons. The van der Waals surface area contributed by atoms with Crippen molar-refractivity contribution in [2.75, 3.05) is 13.2 Å². The molecule has 0 saturated heterocycles. The number of esters is 3. The molecule has 6 nitrogen and oxygen atoms in total. The lowest BCUT2D eigenvalue weighted by molar-refractivity contribution is -0.166. The van der Waals surface area contributed by atoms with Gasteiger partial charge in [0.05, 0.1) is 0 Å². The van der Waals surface area contributed by atoms with Gasteiger partial charge in [0.1, 0.15) is 13.2 Å². The zero-order valence-electron chi connectivity index (χ0n) is 44.5. The Labute approximate surface area is 424 Å². The van der Waals surface area contributed by atoms with E-state index in [1.807, 2.05) is 12.2 Å². The fourth-order valence-electron chi connectivity index (χ4n) is 7.30. The average Bonchev–Trinajstić information content (AvgIpc) is 3.35. The predicted octanol–water partition coefficient (Wildman–Crippen LogP) is 18.9. The molecule has 0 amide bonds. The zero-order valence-corrected chi connectivity index (χ0v) is 44.5. The summed E-state index contributed by atoms with van der Waals surface area (Å²) in [4.78, 5) is 38.0. The number of rotatable bonds is 49. The molecule has 0 N–H and O–H groups in total. The van der Waals surface area contributed by atoms with Gasteiger partial charge in [0.15, 0.2) is 6.10 Å². The predicted molar refractivity (Wildman–Crippen MR) is 297 cm³/mol. The Hall–Kier alpha value is -4.19. The highest BCUT2D eigenvalue weighted by atomic mass is 16.6. The molecule has 1 unspecified atom stereocenters. The van der Waals surface area contributed by atoms with Gasteiger partial charge in [0, 0.05) is 19.3 Å². The topological polar surface area (TPSA) is 78.9 Å². The molecule has 0 heterocycles. The number of carbonyl (C=O) groups excluding carboxylic acids is 3. The van der Waals surface area contributed by atoms with Gasteiger partial charge >= 0.3 is 17.9 Å². The molecule has 0 rings (SSSR count). The third-order valence-electron chi connectivity index (χ3n) is 11.4. The van der Waals surface area contributed by atoms with Crippen LogP contribution < -0.4 is 0 Å². The van der Waals surface area contributed by atoms with Crippen molar-refractivity contribution in [1.29, 1.82) is 0 Å². The molecule has 0 spiro atoms. The van der Waals surface area contributed by atoms with Gasteiger partial charge in [-0.05, 0) is 116 Å². The van der Waals surface area contributed by atoms with Crippen LogP contribution in [0.25, 0.3) is 0 Å². The van der Waals surface area contributed by atoms with Crippen LogP contribution in [0, 0.1) is 0 Å². The molecular weight excluding hydrogens is 853 g/mol. The van der Waals surface area contributed by atoms with E-state index in [2.05, 4.69) is 130 Å². The maximum absolute atomic E-state index is 12.8. The van der Waals surface area contributed by atoms with E-state index in [9.17, 15) is 14.4 Å². The van der Waals surface area contributed by atoms with Gasteiger partial charge in [-0.15, -0.1) is 0 Å². The summed E-state index contributed by atoms with van der Waals surface area (Å²) in [5, 5.41) is 0. The first kappa shape index (κ1) is 64.8. The lowest BCUT2D eigenvalue weighted by Gasteiger charge is -2.18. The van der Waals surface area contributed by atoms with Crippen molar-refractivity contribution in [2.45, 2.75) is 245 Å². The van der Waals surface area contributed by atoms with Gasteiger partial charge in [-0.3, -0.25) is 14.4 Å². The number of hydrogen-bond acceptors (Lipinski definition) is 6. The van der Waals surface area contributed by atoms with E-state index < -0.39 is 6.10 Å². The molecule has 0 aliphatic rings. The fourth-order valence-corrected chi connectivity index (χ4v) is 7.30. The van der Waals surface area contributed by atoms with Crippen LogP contribution in [-0.4, -0.2) is 37.2 Å². The van der Waals surface area contributed by atoms with Crippen LogP contribution in [0.4, 0.5) is 0 Å². The summed E-state index contributed by atoms with van der Waals surface area (Å²) < 4.78 is 16.7. The van der Waals surface area contributed by atoms with Crippen LogP contribution in [-0.2, 0) is 28.6 Å². The van der Waals surface area contributed by atoms with E-state index >= 15 is 0 Å². The first-order chi connectivity index (χ1) is 34.0. The summed E-state index contributed by atoms with van der Waals surface area (Å²) in [6.45, 7) is 6.29. The van der Waals surface area contributed by atoms with Crippen LogP contribution in [0.2, 0.25) is 0 Å². The van der Waals surface area contributed by atoms with Crippen molar-refractivity contribution in [3.8, 4) is 0 Å². The molecule has 0 saturated carbocycles. The lowest BCUT2D eigenvalue weighted by atomic mass is 10.0. The smallest absolute Gasteiger partial charge is 0.306 e. The lowest BCUT2D eigenvalue weighted by Crippen LogP contribution is -2.30. The molecule has 1 atom stereocenters. The number of ether oxygens (including phenoxy) is 3. The van der Waals surface area contributed by atoms with Crippen molar-refractivity contribution >= 4 is 17.9 Å². The maximum atomic E-state index is 12.8. The molecule has 0 aromatic heterocycles. The van der Waals surface area contributed by atoms with Gasteiger partial charge in [-0.1, -0.05) is 226 Å². The zero-order chi connectivity index (χ0) is 50.0. The highest BCUT2D eigenvalue weighted by molar-refractivity contribution is 5.71. The van der Waals surface area contributed by atoms with Gasteiger partial charge in [0.25, 0.3) is 0 Å². The molecule has 69 heavy (non-hydrogen) atoms. The second-order valence-electron chi connectivity index (χ2n) is 18.1. The van der Waals surface area contributed by atoms with Crippen LogP contribution in [0.1, 0.15) is 239 Å². The Morgan fingerprint density at radius 2 is 0.594 bits per heavy atom. The van der Waals surface area contributed by atoms with E-state index in [1.54, 1.807) is 0 Å². The van der Waals surface area contributed by atoms with E-state index in [1.165, 1.54) is 96.3 Å². The SMILES string of the molecule is CC/C=C\C/C=C\C/C=C\C/C=C\CCCCC(=O)OC(COC(=O)CC/C=C\C/C=C\C/C=C\C/C=C\CC)COC(=O)CCCCCCCCCCCCC/C=C\C/C=C\CCCCCCC. The van der Waals surface area contributed by atoms with E-state index in [0.29, 0.717) is 19.3 Å². The number of carbonyl (C=O) groups is 3. The fraction of sp³-hybridized carbons (Fsp3) is 0.635. The maximum Gasteiger partial charge on any atom is 0.306 e. The minimum absolute atomic E-state index is 0.121. The highest BCUT2D eigenvalue weighted by Gasteiger charge is 2.19. The number of unbranched alkanes of at least 4 members (excludes halogenated alkanes) is 18. The molecule has 0 aromatic carbocycles. The standard InChI is InChI=1S/C63H102O6/c1-4-7-10-13-16-19-22-25-27-28-29-30-31-32-33-34-36-38-41-44-47-50-53-56-62(65)68-59-60(58-67-61(64)55-52-49-46-43-40-37-24-21-18-15-12-9-6-3)69-63(66)57-54-51-48-45-42-39-35-26-23-20-17-14-11-8-5-2/h8-9,11-12,17-18,20-22,25-26,28-29,35,37,40,42,45-46,49,60H,4-7,10,13-16,19,23-24,27,30-34,36,38-39,41,43-44,47-48,50-59H2,1-3H3/b11-8-,12-9-,20-17-,21-18-,25-22-,29-28-,35-26-,40-37-,45-42-,49-46-. The largest absolute Gasteiger partial charge is 0.462 e. The molecule has 0 radical (unpaired) electrons. The Bertz CT molecular complexity index is 1470. The molecule has 0 aromatic rings. The average molecular weight is 956 g/mol. The molecule has 0 aliphatic heterocycles. The van der Waals surface area contributed by atoms with Crippen LogP contribution in [0.5, 0.6) is 0 Å². The summed E-state index contributed by atoms with van der Waals surface area (Å²) in [6.07, 6.45) is 77.8. The molecular formula is C63H102O6. The Morgan fingerprint density at radius 3 is 1.00 bits per heavy atom. The van der Waals surface area contributed by atoms with Crippen molar-refractivity contribution in [1.82, 2.24) is 0 Å². The van der Waals surface area contributed by atoms with E-state index in [0.717, 1.165) is 89.9 Å². The third kappa shape index (κ3) is 54.6. The number of allylic oxidation sites excluding steroid dienone is 20. The summed E-state index contributed by atoms with van der Waals surface area (Å²) in [7, 11) is 0. The Morgan fingerprint density at radius 1 is 0.304 bits per heavy atom. The minimum Gasteiger partial charge on any atom is -0.462 e. The second kappa shape index (κ2) is 56.4. The normalized spacial score (nSPS) is 13.0. The summed E-state index contributed by atoms with van der Waals surface area (Å²) in [5.41, 5.74) is 0. The molecule has 6 heteroatoms. The Kier molecular flexibility index (Phi) is 53.0. The van der Waals surface area contributed by atoms with E-state index in [-0.39, 0.29) is 44.0 Å². The second-order valence-corrected chi connectivity index (χ2v) is 18.1. The van der Waals surface area contributed by atoms with Gasteiger partial charge in [0.2, 0.25) is 0 Å². The first-order valence-corrected chi connectivity index (χ1v) is 28.0. The first-order valence-electron chi connectivity index (χ1n) is 28.0. The summed E-state index contributed by atoms with van der Waals surface area (Å²) >= 11 is 0. The summed E-state index contributed by atoms with van der Waals surface area (Å²) in [6, 6.07) is 0. The third-order valence-corrected chi connectivity index (χ3v) is 11.4. The molecule has 0 aliphatic carbocycles. The van der Waals surface area contributed by atoms with E-state index in [4.69, 9.17) is 14.2 Å². The summed E-state index contributed by atoms with van der Waals surface area (Å²) in [5.74, 6) is -1.05.